The highest BCUT2D eigenvalue weighted by atomic mass is 16.3. The van der Waals surface area contributed by atoms with Gasteiger partial charge in [0, 0.05) is 18.1 Å². The van der Waals surface area contributed by atoms with Gasteiger partial charge in [-0.05, 0) is 58.0 Å². The average molecular weight is 224 g/mol. The zero-order chi connectivity index (χ0) is 11.1. The van der Waals surface area contributed by atoms with Crippen LogP contribution in [-0.4, -0.2) is 47.8 Å². The van der Waals surface area contributed by atoms with E-state index in [4.69, 9.17) is 0 Å². The molecule has 2 unspecified atom stereocenters. The molecule has 0 aromatic carbocycles. The molecule has 3 rings (SSSR count). The van der Waals surface area contributed by atoms with Crippen molar-refractivity contribution in [2.45, 2.75) is 62.8 Å². The maximum atomic E-state index is 9.25. The van der Waals surface area contributed by atoms with E-state index in [1.807, 2.05) is 0 Å². The number of nitrogens with zero attached hydrogens (tertiary/aromatic N) is 1. The zero-order valence-electron chi connectivity index (χ0n) is 10.2. The van der Waals surface area contributed by atoms with Crippen molar-refractivity contribution >= 4 is 0 Å². The third kappa shape index (κ3) is 2.01. The molecule has 0 radical (unpaired) electrons. The molecule has 2 saturated heterocycles. The van der Waals surface area contributed by atoms with Gasteiger partial charge in [0.15, 0.2) is 0 Å². The molecule has 3 heteroatoms. The van der Waals surface area contributed by atoms with Crippen LogP contribution in [-0.2, 0) is 0 Å². The summed E-state index contributed by atoms with van der Waals surface area (Å²) in [5.41, 5.74) is 0. The number of hydrogen-bond acceptors (Lipinski definition) is 3. The van der Waals surface area contributed by atoms with Crippen LogP contribution in [0.15, 0.2) is 0 Å². The fourth-order valence-electron chi connectivity index (χ4n) is 3.78. The second kappa shape index (κ2) is 4.28. The number of aliphatic hydroxyl groups is 1. The third-order valence-corrected chi connectivity index (χ3v) is 5.00. The Bertz CT molecular complexity index is 238. The smallest absolute Gasteiger partial charge is 0.0546 e. The molecule has 1 saturated carbocycles. The minimum absolute atomic E-state index is 0.000435. The first-order chi connectivity index (χ1) is 7.72. The van der Waals surface area contributed by atoms with Crippen molar-refractivity contribution in [1.82, 2.24) is 10.2 Å². The molecule has 3 fully saturated rings. The minimum Gasteiger partial charge on any atom is -0.393 e. The maximum absolute atomic E-state index is 9.25. The quantitative estimate of drug-likeness (QED) is 0.750. The summed E-state index contributed by atoms with van der Waals surface area (Å²) in [5.74, 6) is 0.743. The summed E-state index contributed by atoms with van der Waals surface area (Å²) in [5, 5.41) is 13.0. The van der Waals surface area contributed by atoms with E-state index < -0.39 is 0 Å². The molecule has 2 bridgehead atoms. The Morgan fingerprint density at radius 2 is 1.75 bits per heavy atom. The lowest BCUT2D eigenvalue weighted by Crippen LogP contribution is -2.49. The van der Waals surface area contributed by atoms with Gasteiger partial charge in [-0.3, -0.25) is 0 Å². The second-order valence-electron chi connectivity index (χ2n) is 6.12. The highest BCUT2D eigenvalue weighted by molar-refractivity contribution is 4.96. The van der Waals surface area contributed by atoms with Gasteiger partial charge in [-0.15, -0.1) is 0 Å². The predicted octanol–water partition coefficient (Wildman–Crippen LogP) is 0.972. The van der Waals surface area contributed by atoms with Crippen LogP contribution in [0.3, 0.4) is 0 Å². The summed E-state index contributed by atoms with van der Waals surface area (Å²) in [6, 6.07) is 2.41. The lowest BCUT2D eigenvalue weighted by molar-refractivity contribution is 0.0393. The monoisotopic (exact) mass is 224 g/mol. The van der Waals surface area contributed by atoms with Gasteiger partial charge in [-0.1, -0.05) is 0 Å². The summed E-state index contributed by atoms with van der Waals surface area (Å²) < 4.78 is 0. The molecule has 0 spiro atoms. The van der Waals surface area contributed by atoms with E-state index >= 15 is 0 Å². The molecule has 2 N–H and O–H groups in total. The van der Waals surface area contributed by atoms with Crippen LogP contribution in [0.25, 0.3) is 0 Å². The van der Waals surface area contributed by atoms with Crippen LogP contribution in [0, 0.1) is 5.92 Å². The Morgan fingerprint density at radius 1 is 1.12 bits per heavy atom. The molecular formula is C13H24N2O. The van der Waals surface area contributed by atoms with E-state index in [9.17, 15) is 5.11 Å². The van der Waals surface area contributed by atoms with Gasteiger partial charge in [-0.2, -0.15) is 0 Å². The molecule has 2 aliphatic heterocycles. The van der Waals surface area contributed by atoms with E-state index in [1.54, 1.807) is 0 Å². The molecule has 0 aromatic heterocycles. The molecule has 1 aliphatic carbocycles. The van der Waals surface area contributed by atoms with Crippen molar-refractivity contribution < 1.29 is 5.11 Å². The van der Waals surface area contributed by atoms with Crippen LogP contribution >= 0.6 is 0 Å². The molecule has 0 amide bonds. The van der Waals surface area contributed by atoms with E-state index in [-0.39, 0.29) is 6.10 Å². The van der Waals surface area contributed by atoms with Gasteiger partial charge < -0.3 is 15.3 Å². The summed E-state index contributed by atoms with van der Waals surface area (Å²) >= 11 is 0. The maximum Gasteiger partial charge on any atom is 0.0546 e. The van der Waals surface area contributed by atoms with E-state index in [2.05, 4.69) is 17.3 Å². The summed E-state index contributed by atoms with van der Waals surface area (Å²) in [6.07, 6.45) is 7.52. The van der Waals surface area contributed by atoms with Gasteiger partial charge >= 0.3 is 0 Å². The van der Waals surface area contributed by atoms with Crippen molar-refractivity contribution in [3.63, 3.8) is 0 Å². The Morgan fingerprint density at radius 3 is 2.31 bits per heavy atom. The largest absolute Gasteiger partial charge is 0.393 e. The van der Waals surface area contributed by atoms with Gasteiger partial charge in [0.05, 0.1) is 6.10 Å². The predicted molar refractivity (Wildman–Crippen MR) is 64.3 cm³/mol. The Hall–Kier alpha value is -0.120. The summed E-state index contributed by atoms with van der Waals surface area (Å²) in [7, 11) is 2.29. The fourth-order valence-corrected chi connectivity index (χ4v) is 3.78. The van der Waals surface area contributed by atoms with Crippen molar-refractivity contribution in [3.8, 4) is 0 Å². The summed E-state index contributed by atoms with van der Waals surface area (Å²) in [6.45, 7) is 1.13. The standard InChI is InChI=1S/C13H24N2O/c1-15-11-2-3-12(15)7-10(6-11)14-8-9-4-13(16)5-9/h9-14,16H,2-8H2,1H3. The number of rotatable bonds is 3. The number of hydrogen-bond donors (Lipinski definition) is 2. The number of piperidine rings is 1. The van der Waals surface area contributed by atoms with Gasteiger partial charge in [0.1, 0.15) is 0 Å². The lowest BCUT2D eigenvalue weighted by atomic mass is 9.82. The first-order valence-corrected chi connectivity index (χ1v) is 6.85. The van der Waals surface area contributed by atoms with Crippen LogP contribution < -0.4 is 5.32 Å². The zero-order valence-corrected chi connectivity index (χ0v) is 10.2. The van der Waals surface area contributed by atoms with Gasteiger partial charge in [0.25, 0.3) is 0 Å². The highest BCUT2D eigenvalue weighted by Crippen LogP contribution is 2.34. The first-order valence-electron chi connectivity index (χ1n) is 6.85. The normalized spacial score (nSPS) is 48.0. The first kappa shape index (κ1) is 11.0. The minimum atomic E-state index is 0.000435. The van der Waals surface area contributed by atoms with Crippen LogP contribution in [0.1, 0.15) is 38.5 Å². The summed E-state index contributed by atoms with van der Waals surface area (Å²) in [4.78, 5) is 2.59. The Labute approximate surface area is 98.2 Å². The number of aliphatic hydroxyl groups excluding tert-OH is 1. The molecule has 92 valence electrons. The van der Waals surface area contributed by atoms with Crippen molar-refractivity contribution in [1.29, 1.82) is 0 Å². The average Bonchev–Trinajstić information content (AvgIpc) is 2.48. The van der Waals surface area contributed by atoms with Crippen LogP contribution in [0.4, 0.5) is 0 Å². The lowest BCUT2D eigenvalue weighted by Gasteiger charge is -2.39. The van der Waals surface area contributed by atoms with Crippen molar-refractivity contribution in [2.75, 3.05) is 13.6 Å². The van der Waals surface area contributed by atoms with E-state index in [1.165, 1.54) is 25.7 Å². The topological polar surface area (TPSA) is 35.5 Å². The van der Waals surface area contributed by atoms with Crippen molar-refractivity contribution in [3.05, 3.63) is 0 Å². The molecule has 0 aromatic rings. The van der Waals surface area contributed by atoms with E-state index in [0.29, 0.717) is 0 Å². The number of nitrogens with one attached hydrogen (secondary N) is 1. The van der Waals surface area contributed by atoms with Crippen LogP contribution in [0.2, 0.25) is 0 Å². The third-order valence-electron chi connectivity index (χ3n) is 5.00. The molecule has 2 heterocycles. The highest BCUT2D eigenvalue weighted by Gasteiger charge is 2.38. The Balaban J connectivity index is 1.43. The second-order valence-corrected chi connectivity index (χ2v) is 6.12. The molecule has 3 nitrogen and oxygen atoms in total. The molecule has 2 atom stereocenters. The van der Waals surface area contributed by atoms with Gasteiger partial charge in [-0.25, -0.2) is 0 Å². The molecular weight excluding hydrogens is 200 g/mol. The Kier molecular flexibility index (Phi) is 2.94. The SMILES string of the molecule is CN1C2CCC1CC(NCC1CC(O)C1)C2. The van der Waals surface area contributed by atoms with Crippen LogP contribution in [0.5, 0.6) is 0 Å². The molecule has 16 heavy (non-hydrogen) atoms. The number of fused-ring (bicyclic) bond motifs is 2. The fraction of sp³-hybridized carbons (Fsp3) is 1.00. The van der Waals surface area contributed by atoms with Gasteiger partial charge in [0.2, 0.25) is 0 Å². The van der Waals surface area contributed by atoms with Crippen molar-refractivity contribution in [2.24, 2.45) is 5.92 Å². The molecule has 3 aliphatic rings. The van der Waals surface area contributed by atoms with E-state index in [0.717, 1.165) is 43.4 Å².